The van der Waals surface area contributed by atoms with Crippen molar-refractivity contribution in [2.24, 2.45) is 0 Å². The highest BCUT2D eigenvalue weighted by Gasteiger charge is 2.25. The Bertz CT molecular complexity index is 1410. The second-order valence-electron chi connectivity index (χ2n) is 10.1. The molecule has 4 heteroatoms. The summed E-state index contributed by atoms with van der Waals surface area (Å²) in [6, 6.07) is 22.0. The van der Waals surface area contributed by atoms with Gasteiger partial charge in [0.2, 0.25) is 16.6 Å². The van der Waals surface area contributed by atoms with Crippen LogP contribution in [0.4, 0.5) is 0 Å². The van der Waals surface area contributed by atoms with Crippen molar-refractivity contribution < 1.29 is 8.85 Å². The van der Waals surface area contributed by atoms with E-state index < -0.39 is 16.6 Å². The molecule has 0 fully saturated rings. The zero-order chi connectivity index (χ0) is 21.3. The lowest BCUT2D eigenvalue weighted by Crippen LogP contribution is -2.30. The minimum atomic E-state index is -1.81. The molecule has 0 amide bonds. The van der Waals surface area contributed by atoms with Gasteiger partial charge in [0.1, 0.15) is 11.5 Å². The van der Waals surface area contributed by atoms with Gasteiger partial charge in [0.05, 0.1) is 5.39 Å². The van der Waals surface area contributed by atoms with Crippen LogP contribution in [0, 0.1) is 0 Å². The van der Waals surface area contributed by atoms with E-state index in [0.29, 0.717) is 0 Å². The van der Waals surface area contributed by atoms with Gasteiger partial charge < -0.3 is 8.85 Å². The van der Waals surface area contributed by atoms with Crippen LogP contribution >= 0.6 is 0 Å². The quantitative estimate of drug-likeness (QED) is 0.163. The summed E-state index contributed by atoms with van der Waals surface area (Å²) in [6.07, 6.45) is 0. The molecule has 0 bridgehead atoms. The summed E-state index contributed by atoms with van der Waals surface area (Å²) in [5.41, 5.74) is 0. The average Bonchev–Trinajstić information content (AvgIpc) is 2.64. The fourth-order valence-corrected chi connectivity index (χ4v) is 6.08. The van der Waals surface area contributed by atoms with Crippen LogP contribution in [0.5, 0.6) is 11.5 Å². The maximum absolute atomic E-state index is 6.66. The molecule has 0 spiro atoms. The maximum Gasteiger partial charge on any atom is 0.242 e. The first-order valence-electron chi connectivity index (χ1n) is 10.6. The van der Waals surface area contributed by atoms with Crippen molar-refractivity contribution >= 4 is 59.7 Å². The fraction of sp³-hybridized carbons (Fsp3) is 0.231. The van der Waals surface area contributed by atoms with E-state index in [1.165, 1.54) is 37.7 Å². The molecule has 0 atom stereocenters. The standard InChI is InChI=1S/C26H28O2Si2/c1-29(2,3)27-22-14-12-17-11-13-21-20-10-8-7-9-18(20)15-19-16-23(28-30(4,5)6)26(22)25(17)24(19)21/h7-16H,1-6H3. The monoisotopic (exact) mass is 428 g/mol. The zero-order valence-electron chi connectivity index (χ0n) is 18.6. The Morgan fingerprint density at radius 3 is 1.90 bits per heavy atom. The average molecular weight is 429 g/mol. The van der Waals surface area contributed by atoms with Crippen LogP contribution in [0.3, 0.4) is 0 Å². The molecule has 152 valence electrons. The SMILES string of the molecule is C[Si](C)(C)Oc1ccc2ccc3c4ccccc4cc4cc(O[Si](C)(C)C)c1c2c43. The lowest BCUT2D eigenvalue weighted by atomic mass is 9.90. The molecular weight excluding hydrogens is 400 g/mol. The summed E-state index contributed by atoms with van der Waals surface area (Å²) in [6.45, 7) is 13.4. The van der Waals surface area contributed by atoms with Gasteiger partial charge in [-0.05, 0) is 89.8 Å². The summed E-state index contributed by atoms with van der Waals surface area (Å²) in [5, 5.41) is 10.0. The van der Waals surface area contributed by atoms with Gasteiger partial charge in [0, 0.05) is 5.39 Å². The predicted molar refractivity (Wildman–Crippen MR) is 136 cm³/mol. The summed E-state index contributed by atoms with van der Waals surface area (Å²) in [5.74, 6) is 1.92. The Hall–Kier alpha value is -2.57. The van der Waals surface area contributed by atoms with Crippen LogP contribution in [0.15, 0.2) is 60.7 Å². The van der Waals surface area contributed by atoms with E-state index in [1.807, 2.05) is 0 Å². The van der Waals surface area contributed by atoms with Crippen molar-refractivity contribution in [3.8, 4) is 11.5 Å². The molecule has 30 heavy (non-hydrogen) atoms. The number of fused-ring (bicyclic) bond motifs is 2. The molecule has 0 aliphatic heterocycles. The first-order chi connectivity index (χ1) is 14.1. The highest BCUT2D eigenvalue weighted by atomic mass is 28.4. The van der Waals surface area contributed by atoms with E-state index in [2.05, 4.69) is 99.9 Å². The topological polar surface area (TPSA) is 18.5 Å². The van der Waals surface area contributed by atoms with Gasteiger partial charge in [-0.15, -0.1) is 0 Å². The Morgan fingerprint density at radius 1 is 0.500 bits per heavy atom. The molecule has 5 aromatic carbocycles. The molecule has 0 heterocycles. The third-order valence-electron chi connectivity index (χ3n) is 5.36. The molecule has 0 radical (unpaired) electrons. The molecule has 0 saturated heterocycles. The number of hydrogen-bond donors (Lipinski definition) is 0. The molecule has 0 aromatic heterocycles. The second kappa shape index (κ2) is 6.46. The van der Waals surface area contributed by atoms with E-state index in [0.717, 1.165) is 16.9 Å². The number of rotatable bonds is 4. The van der Waals surface area contributed by atoms with E-state index in [9.17, 15) is 0 Å². The van der Waals surface area contributed by atoms with Crippen molar-refractivity contribution in [3.05, 3.63) is 60.7 Å². The zero-order valence-corrected chi connectivity index (χ0v) is 20.6. The molecule has 2 nitrogen and oxygen atoms in total. The summed E-state index contributed by atoms with van der Waals surface area (Å²) in [7, 11) is -3.60. The Morgan fingerprint density at radius 2 is 1.17 bits per heavy atom. The van der Waals surface area contributed by atoms with Crippen LogP contribution in [0.2, 0.25) is 39.3 Å². The maximum atomic E-state index is 6.66. The minimum Gasteiger partial charge on any atom is -0.544 e. The number of hydrogen-bond acceptors (Lipinski definition) is 2. The van der Waals surface area contributed by atoms with Crippen LogP contribution in [0.1, 0.15) is 0 Å². The van der Waals surface area contributed by atoms with Crippen LogP contribution in [0.25, 0.3) is 43.1 Å². The molecule has 0 unspecified atom stereocenters. The van der Waals surface area contributed by atoms with Gasteiger partial charge in [-0.1, -0.05) is 42.5 Å². The molecule has 0 N–H and O–H groups in total. The molecule has 5 aromatic rings. The highest BCUT2D eigenvalue weighted by molar-refractivity contribution is 6.71. The Labute approximate surface area is 180 Å². The molecule has 5 rings (SSSR count). The van der Waals surface area contributed by atoms with Gasteiger partial charge in [-0.25, -0.2) is 0 Å². The molecule has 0 aliphatic carbocycles. The predicted octanol–water partition coefficient (Wildman–Crippen LogP) is 8.16. The first kappa shape index (κ1) is 19.4. The molecule has 0 saturated carbocycles. The van der Waals surface area contributed by atoms with Gasteiger partial charge in [-0.3, -0.25) is 0 Å². The Balaban J connectivity index is 1.99. The summed E-state index contributed by atoms with van der Waals surface area (Å²) in [4.78, 5) is 0. The van der Waals surface area contributed by atoms with Gasteiger partial charge in [0.15, 0.2) is 0 Å². The largest absolute Gasteiger partial charge is 0.544 e. The summed E-state index contributed by atoms with van der Waals surface area (Å²) >= 11 is 0. The molecule has 0 aliphatic rings. The van der Waals surface area contributed by atoms with E-state index in [4.69, 9.17) is 8.85 Å². The van der Waals surface area contributed by atoms with Crippen molar-refractivity contribution in [2.45, 2.75) is 39.3 Å². The lowest BCUT2D eigenvalue weighted by molar-refractivity contribution is 0.547. The van der Waals surface area contributed by atoms with E-state index in [-0.39, 0.29) is 0 Å². The van der Waals surface area contributed by atoms with Gasteiger partial charge >= 0.3 is 0 Å². The van der Waals surface area contributed by atoms with E-state index >= 15 is 0 Å². The first-order valence-corrected chi connectivity index (χ1v) is 17.4. The van der Waals surface area contributed by atoms with Crippen LogP contribution in [-0.2, 0) is 0 Å². The summed E-state index contributed by atoms with van der Waals surface area (Å²) < 4.78 is 13.2. The van der Waals surface area contributed by atoms with Crippen LogP contribution < -0.4 is 8.85 Å². The Kier molecular flexibility index (Phi) is 4.18. The van der Waals surface area contributed by atoms with Crippen molar-refractivity contribution in [2.75, 3.05) is 0 Å². The smallest absolute Gasteiger partial charge is 0.242 e. The van der Waals surface area contributed by atoms with Gasteiger partial charge in [-0.2, -0.15) is 0 Å². The van der Waals surface area contributed by atoms with Gasteiger partial charge in [0.25, 0.3) is 0 Å². The highest BCUT2D eigenvalue weighted by Crippen LogP contribution is 2.46. The molecular formula is C26H28O2Si2. The van der Waals surface area contributed by atoms with Crippen molar-refractivity contribution in [3.63, 3.8) is 0 Å². The minimum absolute atomic E-state index is 0.956. The van der Waals surface area contributed by atoms with Crippen LogP contribution in [-0.4, -0.2) is 16.6 Å². The van der Waals surface area contributed by atoms with E-state index in [1.54, 1.807) is 0 Å². The van der Waals surface area contributed by atoms with Crippen molar-refractivity contribution in [1.29, 1.82) is 0 Å². The normalized spacial score (nSPS) is 13.0. The lowest BCUT2D eigenvalue weighted by Gasteiger charge is -2.26. The fourth-order valence-electron chi connectivity index (χ4n) is 4.43. The second-order valence-corrected chi connectivity index (χ2v) is 19.0. The van der Waals surface area contributed by atoms with Crippen molar-refractivity contribution in [1.82, 2.24) is 0 Å². The number of benzene rings is 5. The third kappa shape index (κ3) is 3.24. The third-order valence-corrected chi connectivity index (χ3v) is 7.03.